The third kappa shape index (κ3) is 4.38. The molecule has 1 aliphatic rings. The van der Waals surface area contributed by atoms with Crippen LogP contribution in [0.1, 0.15) is 40.8 Å². The van der Waals surface area contributed by atoms with E-state index in [1.807, 2.05) is 0 Å². The molecule has 0 spiro atoms. The van der Waals surface area contributed by atoms with Crippen LogP contribution in [0.5, 0.6) is 0 Å². The minimum absolute atomic E-state index is 0. The van der Waals surface area contributed by atoms with Crippen molar-refractivity contribution in [3.05, 3.63) is 71.5 Å². The van der Waals surface area contributed by atoms with E-state index in [1.54, 1.807) is 6.92 Å². The zero-order valence-electron chi connectivity index (χ0n) is 17.4. The predicted molar refractivity (Wildman–Crippen MR) is 115 cm³/mol. The second-order valence-electron chi connectivity index (χ2n) is 7.58. The zero-order valence-corrected chi connectivity index (χ0v) is 18.2. The first-order chi connectivity index (χ1) is 15.9. The Bertz CT molecular complexity index is 1370. The van der Waals surface area contributed by atoms with E-state index >= 15 is 0 Å². The Hall–Kier alpha value is -3.74. The van der Waals surface area contributed by atoms with Crippen molar-refractivity contribution in [3.63, 3.8) is 0 Å². The maximum Gasteiger partial charge on any atom is 0.416 e. The molecule has 180 valence electrons. The van der Waals surface area contributed by atoms with E-state index in [2.05, 4.69) is 10.4 Å². The van der Waals surface area contributed by atoms with Crippen LogP contribution in [0.4, 0.5) is 28.4 Å². The maximum absolute atomic E-state index is 13.2. The second kappa shape index (κ2) is 8.24. The number of halogens is 4. The van der Waals surface area contributed by atoms with Crippen molar-refractivity contribution in [2.24, 2.45) is 0 Å². The molecule has 1 aliphatic heterocycles. The minimum Gasteiger partial charge on any atom is -0.322 e. The Labute approximate surface area is 192 Å². The van der Waals surface area contributed by atoms with Gasteiger partial charge in [-0.05, 0) is 55.5 Å². The van der Waals surface area contributed by atoms with Gasteiger partial charge in [-0.3, -0.25) is 14.3 Å². The van der Waals surface area contributed by atoms with Gasteiger partial charge >= 0.3 is 16.4 Å². The van der Waals surface area contributed by atoms with E-state index in [0.717, 1.165) is 24.3 Å². The van der Waals surface area contributed by atoms with Crippen LogP contribution in [0.3, 0.4) is 0 Å². The molecule has 0 saturated heterocycles. The van der Waals surface area contributed by atoms with Crippen LogP contribution in [0.15, 0.2) is 59.6 Å². The minimum atomic E-state index is -4.90. The van der Waals surface area contributed by atoms with Gasteiger partial charge in [-0.15, -0.1) is 3.89 Å². The lowest BCUT2D eigenvalue weighted by Crippen LogP contribution is -2.43. The van der Waals surface area contributed by atoms with E-state index in [4.69, 9.17) is 0 Å². The van der Waals surface area contributed by atoms with Crippen molar-refractivity contribution in [2.45, 2.75) is 24.0 Å². The number of anilines is 2. The molecule has 1 atom stereocenters. The normalized spacial score (nSPS) is 16.3. The molecule has 2 amide bonds. The zero-order chi connectivity index (χ0) is 24.8. The summed E-state index contributed by atoms with van der Waals surface area (Å²) in [5, 5.41) is 6.58. The van der Waals surface area contributed by atoms with Gasteiger partial charge in [0.1, 0.15) is 5.69 Å². The van der Waals surface area contributed by atoms with Crippen LogP contribution < -0.4 is 10.2 Å². The van der Waals surface area contributed by atoms with Crippen LogP contribution in [-0.2, 0) is 16.4 Å². The van der Waals surface area contributed by atoms with Crippen molar-refractivity contribution in [2.75, 3.05) is 16.8 Å². The topological polar surface area (TPSA) is 101 Å². The number of hydrogen-bond acceptors (Lipinski definition) is 5. The van der Waals surface area contributed by atoms with E-state index < -0.39 is 38.7 Å². The molecule has 1 N–H and O–H groups in total. The molecular weight excluding hydrogens is 480 g/mol. The van der Waals surface area contributed by atoms with Gasteiger partial charge in [-0.2, -0.15) is 26.7 Å². The number of nitrogens with one attached hydrogen (secondary N) is 1. The molecule has 3 aromatic rings. The Balaban J connectivity index is 0.00000342. The van der Waals surface area contributed by atoms with Crippen molar-refractivity contribution in [1.82, 2.24) is 9.78 Å². The van der Waals surface area contributed by atoms with Crippen LogP contribution in [-0.4, -0.2) is 36.6 Å². The molecule has 0 bridgehead atoms. The van der Waals surface area contributed by atoms with Crippen LogP contribution >= 0.6 is 0 Å². The molecule has 0 fully saturated rings. The summed E-state index contributed by atoms with van der Waals surface area (Å²) in [6.45, 7) is 1.86. The first-order valence-electron chi connectivity index (χ1n) is 9.79. The fourth-order valence-electron chi connectivity index (χ4n) is 3.58. The SMILES string of the molecule is C[C@H]1CN(c2ccc(C(F)(F)F)cc2)C(=O)c2c(C(=O)Nc3ccc(S(=O)(=O)F)cc3)cnn21.[HH]. The monoisotopic (exact) mass is 498 g/mol. The standard InChI is InChI=1S/C21H16F4N4O4S.H2/c1-12-11-28(15-6-2-13(3-7-15)21(22,23)24)20(31)18-17(10-26-29(12)18)19(30)27-14-4-8-16(9-5-14)34(25,32)33;/h2-10,12H,11H2,1H3,(H,27,30);1H/t12-;/m0./s1. The highest BCUT2D eigenvalue weighted by atomic mass is 32.3. The number of fused-ring (bicyclic) bond motifs is 1. The number of rotatable bonds is 4. The van der Waals surface area contributed by atoms with Gasteiger partial charge in [0, 0.05) is 19.3 Å². The molecule has 4 rings (SSSR count). The summed E-state index contributed by atoms with van der Waals surface area (Å²) < 4.78 is 74.9. The summed E-state index contributed by atoms with van der Waals surface area (Å²) in [6, 6.07) is 8.02. The first-order valence-corrected chi connectivity index (χ1v) is 11.2. The molecule has 0 saturated carbocycles. The van der Waals surface area contributed by atoms with Crippen molar-refractivity contribution >= 4 is 33.4 Å². The van der Waals surface area contributed by atoms with Gasteiger partial charge in [0.25, 0.3) is 11.8 Å². The molecule has 0 radical (unpaired) electrons. The number of alkyl halides is 3. The highest BCUT2D eigenvalue weighted by molar-refractivity contribution is 7.86. The predicted octanol–water partition coefficient (Wildman–Crippen LogP) is 4.28. The summed E-state index contributed by atoms with van der Waals surface area (Å²) in [7, 11) is -4.90. The number of nitrogens with zero attached hydrogens (tertiary/aromatic N) is 3. The number of aromatic nitrogens is 2. The number of carbonyl (C=O) groups is 2. The summed E-state index contributed by atoms with van der Waals surface area (Å²) in [5.41, 5.74) is -0.625. The van der Waals surface area contributed by atoms with E-state index in [1.165, 1.54) is 40.0 Å². The van der Waals surface area contributed by atoms with Gasteiger partial charge in [-0.1, -0.05) is 0 Å². The van der Waals surface area contributed by atoms with Crippen LogP contribution in [0.25, 0.3) is 0 Å². The fraction of sp³-hybridized carbons (Fsp3) is 0.190. The number of amides is 2. The smallest absolute Gasteiger partial charge is 0.322 e. The van der Waals surface area contributed by atoms with Gasteiger partial charge in [-0.25, -0.2) is 0 Å². The lowest BCUT2D eigenvalue weighted by molar-refractivity contribution is -0.137. The highest BCUT2D eigenvalue weighted by Crippen LogP contribution is 2.33. The Morgan fingerprint density at radius 2 is 1.74 bits per heavy atom. The average molecular weight is 498 g/mol. The summed E-state index contributed by atoms with van der Waals surface area (Å²) in [5.74, 6) is -1.36. The molecule has 8 nitrogen and oxygen atoms in total. The van der Waals surface area contributed by atoms with Gasteiger partial charge < -0.3 is 10.2 Å². The highest BCUT2D eigenvalue weighted by Gasteiger charge is 2.36. The molecule has 0 aliphatic carbocycles. The summed E-state index contributed by atoms with van der Waals surface area (Å²) >= 11 is 0. The molecule has 2 aromatic carbocycles. The average Bonchev–Trinajstić information content (AvgIpc) is 3.22. The van der Waals surface area contributed by atoms with Crippen molar-refractivity contribution < 1.29 is 36.5 Å². The number of carbonyl (C=O) groups excluding carboxylic acids is 2. The Kier molecular flexibility index (Phi) is 5.67. The summed E-state index contributed by atoms with van der Waals surface area (Å²) in [4.78, 5) is 26.7. The fourth-order valence-corrected chi connectivity index (χ4v) is 4.04. The Morgan fingerprint density at radius 3 is 2.29 bits per heavy atom. The van der Waals surface area contributed by atoms with Crippen molar-refractivity contribution in [3.8, 4) is 0 Å². The van der Waals surface area contributed by atoms with E-state index in [-0.39, 0.29) is 36.6 Å². The van der Waals surface area contributed by atoms with Gasteiger partial charge in [0.2, 0.25) is 0 Å². The third-order valence-corrected chi connectivity index (χ3v) is 6.09. The maximum atomic E-state index is 13.2. The lowest BCUT2D eigenvalue weighted by atomic mass is 10.1. The van der Waals surface area contributed by atoms with Gasteiger partial charge in [0.05, 0.1) is 28.3 Å². The van der Waals surface area contributed by atoms with Crippen molar-refractivity contribution in [1.29, 1.82) is 0 Å². The van der Waals surface area contributed by atoms with Crippen LogP contribution in [0.2, 0.25) is 0 Å². The van der Waals surface area contributed by atoms with Gasteiger partial charge in [0.15, 0.2) is 0 Å². The molecule has 13 heteroatoms. The first kappa shape index (κ1) is 23.4. The summed E-state index contributed by atoms with van der Waals surface area (Å²) in [6.07, 6.45) is -3.33. The van der Waals surface area contributed by atoms with E-state index in [9.17, 15) is 35.1 Å². The second-order valence-corrected chi connectivity index (χ2v) is 8.92. The molecule has 2 heterocycles. The molecule has 1 aromatic heterocycles. The number of hydrogen-bond donors (Lipinski definition) is 1. The largest absolute Gasteiger partial charge is 0.416 e. The molecule has 0 unspecified atom stereocenters. The third-order valence-electron chi connectivity index (χ3n) is 5.25. The lowest BCUT2D eigenvalue weighted by Gasteiger charge is -2.32. The van der Waals surface area contributed by atoms with Crippen LogP contribution in [0, 0.1) is 0 Å². The Morgan fingerprint density at radius 1 is 1.12 bits per heavy atom. The molecule has 34 heavy (non-hydrogen) atoms. The quantitative estimate of drug-likeness (QED) is 0.428. The number of benzene rings is 2. The molecular formula is C21H18F4N4O4S. The van der Waals surface area contributed by atoms with E-state index in [0.29, 0.717) is 0 Å².